The van der Waals surface area contributed by atoms with Gasteiger partial charge in [-0.15, -0.1) is 0 Å². The van der Waals surface area contributed by atoms with E-state index in [9.17, 15) is 4.79 Å². The van der Waals surface area contributed by atoms with Crippen molar-refractivity contribution in [3.63, 3.8) is 0 Å². The van der Waals surface area contributed by atoms with Gasteiger partial charge in [0, 0.05) is 31.5 Å². The minimum atomic E-state index is -0.413. The molecule has 25 heavy (non-hydrogen) atoms. The highest BCUT2D eigenvalue weighted by Gasteiger charge is 2.31. The lowest BCUT2D eigenvalue weighted by atomic mass is 10.0. The average molecular weight is 337 g/mol. The normalized spacial score (nSPS) is 15.6. The molecule has 2 aromatic heterocycles. The number of imidazole rings is 1. The number of anilines is 1. The van der Waals surface area contributed by atoms with Crippen LogP contribution >= 0.6 is 0 Å². The Balaban J connectivity index is 1.62. The van der Waals surface area contributed by atoms with Gasteiger partial charge in [-0.3, -0.25) is 9.69 Å². The molecule has 0 radical (unpaired) electrons. The lowest BCUT2D eigenvalue weighted by Crippen LogP contribution is -2.42. The molecule has 1 N–H and O–H groups in total. The first-order valence-electron chi connectivity index (χ1n) is 8.24. The van der Waals surface area contributed by atoms with Crippen molar-refractivity contribution in [1.29, 1.82) is 0 Å². The van der Waals surface area contributed by atoms with Crippen molar-refractivity contribution in [3.05, 3.63) is 65.9 Å². The number of carbonyl (C=O) groups is 1. The van der Waals surface area contributed by atoms with Crippen LogP contribution in [0.3, 0.4) is 0 Å². The van der Waals surface area contributed by atoms with Gasteiger partial charge in [0.15, 0.2) is 5.82 Å². The summed E-state index contributed by atoms with van der Waals surface area (Å²) in [4.78, 5) is 19.5. The molecule has 128 valence electrons. The first-order valence-corrected chi connectivity index (χ1v) is 8.24. The van der Waals surface area contributed by atoms with Gasteiger partial charge in [-0.05, 0) is 12.5 Å². The van der Waals surface area contributed by atoms with E-state index in [-0.39, 0.29) is 5.91 Å². The molecule has 7 nitrogen and oxygen atoms in total. The van der Waals surface area contributed by atoms with Crippen LogP contribution in [0.25, 0.3) is 0 Å². The topological polar surface area (TPSA) is 76.2 Å². The van der Waals surface area contributed by atoms with Crippen molar-refractivity contribution in [3.8, 4) is 0 Å². The third kappa shape index (κ3) is 3.18. The fraction of sp³-hybridized carbons (Fsp3) is 0.278. The standard InChI is InChI=1S/C18H19N5O2/c1-13-11-15(21-25-13)20-18(24)17(14-5-3-2-4-6-14)23-10-9-22-8-7-19-16(22)12-23/h2-8,11,17H,9-10,12H2,1H3,(H,20,21,24)/t17-/m1/s1. The number of nitrogens with zero attached hydrogens (tertiary/aromatic N) is 4. The van der Waals surface area contributed by atoms with E-state index < -0.39 is 6.04 Å². The average Bonchev–Trinajstić information content (AvgIpc) is 3.24. The molecular weight excluding hydrogens is 318 g/mol. The number of amides is 1. The number of carbonyl (C=O) groups excluding carboxylic acids is 1. The molecule has 1 aromatic carbocycles. The Bertz CT molecular complexity index is 870. The second-order valence-corrected chi connectivity index (χ2v) is 6.13. The Morgan fingerprint density at radius 1 is 1.28 bits per heavy atom. The zero-order chi connectivity index (χ0) is 17.2. The van der Waals surface area contributed by atoms with Crippen molar-refractivity contribution in [2.75, 3.05) is 11.9 Å². The number of nitrogens with one attached hydrogen (secondary N) is 1. The Hall–Kier alpha value is -2.93. The molecule has 1 aliphatic rings. The molecule has 4 rings (SSSR count). The summed E-state index contributed by atoms with van der Waals surface area (Å²) in [6.07, 6.45) is 3.77. The maximum Gasteiger partial charge on any atom is 0.247 e. The minimum Gasteiger partial charge on any atom is -0.360 e. The summed E-state index contributed by atoms with van der Waals surface area (Å²) in [5.74, 6) is 1.94. The summed E-state index contributed by atoms with van der Waals surface area (Å²) >= 11 is 0. The van der Waals surface area contributed by atoms with E-state index in [0.29, 0.717) is 18.1 Å². The van der Waals surface area contributed by atoms with Gasteiger partial charge in [0.25, 0.3) is 0 Å². The van der Waals surface area contributed by atoms with Crippen LogP contribution in [-0.4, -0.2) is 32.1 Å². The Morgan fingerprint density at radius 2 is 2.12 bits per heavy atom. The molecule has 1 aliphatic heterocycles. The van der Waals surface area contributed by atoms with E-state index in [1.54, 1.807) is 19.2 Å². The van der Waals surface area contributed by atoms with Gasteiger partial charge in [-0.25, -0.2) is 4.98 Å². The van der Waals surface area contributed by atoms with E-state index in [2.05, 4.69) is 24.9 Å². The van der Waals surface area contributed by atoms with Crippen LogP contribution in [0.2, 0.25) is 0 Å². The van der Waals surface area contributed by atoms with E-state index >= 15 is 0 Å². The van der Waals surface area contributed by atoms with Gasteiger partial charge in [-0.1, -0.05) is 35.5 Å². The monoisotopic (exact) mass is 337 g/mol. The molecule has 0 spiro atoms. The number of hydrogen-bond acceptors (Lipinski definition) is 5. The number of aryl methyl sites for hydroxylation is 1. The molecule has 0 unspecified atom stereocenters. The maximum absolute atomic E-state index is 13.0. The third-order valence-corrected chi connectivity index (χ3v) is 4.38. The van der Waals surface area contributed by atoms with Gasteiger partial charge in [0.05, 0.1) is 6.54 Å². The van der Waals surface area contributed by atoms with Crippen molar-refractivity contribution < 1.29 is 9.32 Å². The van der Waals surface area contributed by atoms with Crippen LogP contribution in [0.4, 0.5) is 5.82 Å². The van der Waals surface area contributed by atoms with Crippen LogP contribution in [0.5, 0.6) is 0 Å². The fourth-order valence-corrected chi connectivity index (χ4v) is 3.20. The Kier molecular flexibility index (Phi) is 4.07. The van der Waals surface area contributed by atoms with Gasteiger partial charge < -0.3 is 14.4 Å². The quantitative estimate of drug-likeness (QED) is 0.791. The number of rotatable bonds is 4. The summed E-state index contributed by atoms with van der Waals surface area (Å²) in [5.41, 5.74) is 0.945. The molecule has 0 fully saturated rings. The molecule has 0 saturated heterocycles. The van der Waals surface area contributed by atoms with Crippen molar-refractivity contribution in [1.82, 2.24) is 19.6 Å². The van der Waals surface area contributed by atoms with E-state index in [1.165, 1.54) is 0 Å². The maximum atomic E-state index is 13.0. The summed E-state index contributed by atoms with van der Waals surface area (Å²) in [6.45, 7) is 4.00. The van der Waals surface area contributed by atoms with Crippen LogP contribution in [0.1, 0.15) is 23.2 Å². The summed E-state index contributed by atoms with van der Waals surface area (Å²) < 4.78 is 7.16. The van der Waals surface area contributed by atoms with Crippen molar-refractivity contribution >= 4 is 11.7 Å². The first kappa shape index (κ1) is 15.6. The summed E-state index contributed by atoms with van der Waals surface area (Å²) in [7, 11) is 0. The minimum absolute atomic E-state index is 0.125. The summed E-state index contributed by atoms with van der Waals surface area (Å²) in [6, 6.07) is 11.1. The highest BCUT2D eigenvalue weighted by atomic mass is 16.5. The molecule has 3 heterocycles. The van der Waals surface area contributed by atoms with Crippen LogP contribution in [-0.2, 0) is 17.9 Å². The Labute approximate surface area is 145 Å². The molecule has 1 amide bonds. The lowest BCUT2D eigenvalue weighted by Gasteiger charge is -2.34. The molecule has 0 aliphatic carbocycles. The van der Waals surface area contributed by atoms with Gasteiger partial charge >= 0.3 is 0 Å². The second-order valence-electron chi connectivity index (χ2n) is 6.13. The highest BCUT2D eigenvalue weighted by Crippen LogP contribution is 2.26. The molecule has 1 atom stereocenters. The fourth-order valence-electron chi connectivity index (χ4n) is 3.20. The number of aromatic nitrogens is 3. The van der Waals surface area contributed by atoms with E-state index in [4.69, 9.17) is 4.52 Å². The predicted octanol–water partition coefficient (Wildman–Crippen LogP) is 2.38. The Morgan fingerprint density at radius 3 is 2.88 bits per heavy atom. The zero-order valence-electron chi connectivity index (χ0n) is 13.9. The van der Waals surface area contributed by atoms with E-state index in [0.717, 1.165) is 24.5 Å². The second kappa shape index (κ2) is 6.52. The van der Waals surface area contributed by atoms with Gasteiger partial charge in [0.1, 0.15) is 17.6 Å². The van der Waals surface area contributed by atoms with E-state index in [1.807, 2.05) is 36.5 Å². The van der Waals surface area contributed by atoms with Gasteiger partial charge in [-0.2, -0.15) is 0 Å². The highest BCUT2D eigenvalue weighted by molar-refractivity contribution is 5.94. The van der Waals surface area contributed by atoms with Crippen molar-refractivity contribution in [2.24, 2.45) is 0 Å². The third-order valence-electron chi connectivity index (χ3n) is 4.38. The number of benzene rings is 1. The smallest absolute Gasteiger partial charge is 0.247 e. The molecule has 7 heteroatoms. The number of fused-ring (bicyclic) bond motifs is 1. The lowest BCUT2D eigenvalue weighted by molar-refractivity contribution is -0.122. The SMILES string of the molecule is Cc1cc(NC(=O)[C@@H](c2ccccc2)N2CCn3ccnc3C2)no1. The predicted molar refractivity (Wildman–Crippen MR) is 91.7 cm³/mol. The van der Waals surface area contributed by atoms with Gasteiger partial charge in [0.2, 0.25) is 5.91 Å². The van der Waals surface area contributed by atoms with Crippen LogP contribution in [0, 0.1) is 6.92 Å². The largest absolute Gasteiger partial charge is 0.360 e. The molecule has 0 bridgehead atoms. The molecule has 3 aromatic rings. The zero-order valence-corrected chi connectivity index (χ0v) is 13.9. The first-order chi connectivity index (χ1) is 12.2. The molecule has 0 saturated carbocycles. The summed E-state index contributed by atoms with van der Waals surface area (Å²) in [5, 5.41) is 6.73. The number of hydrogen-bond donors (Lipinski definition) is 1. The molecular formula is C18H19N5O2. The van der Waals surface area contributed by atoms with Crippen molar-refractivity contribution in [2.45, 2.75) is 26.1 Å². The van der Waals surface area contributed by atoms with Crippen LogP contribution in [0.15, 0.2) is 53.3 Å². The van der Waals surface area contributed by atoms with Crippen LogP contribution < -0.4 is 5.32 Å².